The third-order valence-electron chi connectivity index (χ3n) is 2.32. The summed E-state index contributed by atoms with van der Waals surface area (Å²) < 4.78 is 50.8. The van der Waals surface area contributed by atoms with Crippen LogP contribution in [0, 0.1) is 5.82 Å². The monoisotopic (exact) mass is 276 g/mol. The molecule has 1 atom stereocenters. The van der Waals surface area contributed by atoms with E-state index in [1.54, 1.807) is 5.38 Å². The number of rotatable bonds is 2. The lowest BCUT2D eigenvalue weighted by Crippen LogP contribution is -2.14. The second-order valence-corrected chi connectivity index (χ2v) is 4.55. The first-order chi connectivity index (χ1) is 8.38. The second-order valence-electron chi connectivity index (χ2n) is 3.62. The van der Waals surface area contributed by atoms with E-state index in [1.807, 2.05) is 0 Å². The molecule has 1 unspecified atom stereocenters. The number of aromatic nitrogens is 1. The van der Waals surface area contributed by atoms with Gasteiger partial charge in [-0.05, 0) is 23.8 Å². The predicted molar refractivity (Wildman–Crippen MR) is 59.5 cm³/mol. The van der Waals surface area contributed by atoms with E-state index in [2.05, 4.69) is 4.98 Å². The highest BCUT2D eigenvalue weighted by Gasteiger charge is 2.32. The van der Waals surface area contributed by atoms with Gasteiger partial charge in [0.15, 0.2) is 0 Å². The van der Waals surface area contributed by atoms with Crippen molar-refractivity contribution in [1.29, 1.82) is 0 Å². The molecule has 1 aromatic carbocycles. The van der Waals surface area contributed by atoms with Crippen molar-refractivity contribution in [2.24, 2.45) is 5.73 Å². The van der Waals surface area contributed by atoms with E-state index < -0.39 is 23.6 Å². The number of halogens is 4. The molecule has 0 amide bonds. The van der Waals surface area contributed by atoms with Crippen LogP contribution in [0.25, 0.3) is 0 Å². The van der Waals surface area contributed by atoms with E-state index in [4.69, 9.17) is 5.73 Å². The Morgan fingerprint density at radius 3 is 2.50 bits per heavy atom. The Morgan fingerprint density at radius 2 is 1.94 bits per heavy atom. The zero-order chi connectivity index (χ0) is 13.3. The number of thiazole rings is 1. The minimum Gasteiger partial charge on any atom is -0.318 e. The molecule has 0 spiro atoms. The maximum atomic E-state index is 13.2. The lowest BCUT2D eigenvalue weighted by molar-refractivity contribution is -0.137. The van der Waals surface area contributed by atoms with Crippen LogP contribution in [0.1, 0.15) is 22.2 Å². The number of hydrogen-bond donors (Lipinski definition) is 1. The van der Waals surface area contributed by atoms with Gasteiger partial charge in [-0.25, -0.2) is 9.37 Å². The summed E-state index contributed by atoms with van der Waals surface area (Å²) in [5, 5.41) is 2.09. The largest absolute Gasteiger partial charge is 0.416 e. The first-order valence-corrected chi connectivity index (χ1v) is 5.78. The summed E-state index contributed by atoms with van der Waals surface area (Å²) in [6.45, 7) is 0. The molecule has 0 saturated carbocycles. The normalized spacial score (nSPS) is 13.6. The average molecular weight is 276 g/mol. The summed E-state index contributed by atoms with van der Waals surface area (Å²) in [4.78, 5) is 3.90. The fourth-order valence-corrected chi connectivity index (χ4v) is 2.15. The Morgan fingerprint density at radius 1 is 1.22 bits per heavy atom. The van der Waals surface area contributed by atoms with Crippen molar-refractivity contribution in [2.45, 2.75) is 12.2 Å². The van der Waals surface area contributed by atoms with Gasteiger partial charge in [-0.2, -0.15) is 13.2 Å². The maximum Gasteiger partial charge on any atom is 0.416 e. The summed E-state index contributed by atoms with van der Waals surface area (Å²) in [6.07, 6.45) is -3.11. The van der Waals surface area contributed by atoms with Crippen LogP contribution in [0.5, 0.6) is 0 Å². The number of benzene rings is 1. The molecule has 2 aromatic rings. The number of alkyl halides is 3. The van der Waals surface area contributed by atoms with Crippen molar-refractivity contribution < 1.29 is 17.6 Å². The molecule has 2 N–H and O–H groups in total. The van der Waals surface area contributed by atoms with Gasteiger partial charge < -0.3 is 5.73 Å². The summed E-state index contributed by atoms with van der Waals surface area (Å²) in [6, 6.07) is 1.41. The minimum atomic E-state index is -4.60. The topological polar surface area (TPSA) is 38.9 Å². The summed E-state index contributed by atoms with van der Waals surface area (Å²) in [5.74, 6) is -0.966. The van der Waals surface area contributed by atoms with E-state index >= 15 is 0 Å². The van der Waals surface area contributed by atoms with Crippen LogP contribution >= 0.6 is 11.3 Å². The van der Waals surface area contributed by atoms with Crippen molar-refractivity contribution in [3.8, 4) is 0 Å². The molecule has 0 radical (unpaired) electrons. The smallest absolute Gasteiger partial charge is 0.318 e. The Hall–Kier alpha value is -1.47. The molecular formula is C11H8F4N2S. The van der Waals surface area contributed by atoms with E-state index in [9.17, 15) is 17.6 Å². The van der Waals surface area contributed by atoms with Crippen LogP contribution in [0.4, 0.5) is 17.6 Å². The van der Waals surface area contributed by atoms with Crippen molar-refractivity contribution in [2.75, 3.05) is 0 Å². The average Bonchev–Trinajstić information content (AvgIpc) is 2.79. The Balaban J connectivity index is 2.43. The van der Waals surface area contributed by atoms with E-state index in [1.165, 1.54) is 17.5 Å². The third kappa shape index (κ3) is 2.68. The molecule has 7 heteroatoms. The molecule has 0 aliphatic carbocycles. The van der Waals surface area contributed by atoms with Crippen LogP contribution in [0.3, 0.4) is 0 Å². The molecule has 0 bridgehead atoms. The number of nitrogens with two attached hydrogens (primary N) is 1. The highest BCUT2D eigenvalue weighted by molar-refractivity contribution is 7.09. The number of nitrogens with zero attached hydrogens (tertiary/aromatic N) is 1. The van der Waals surface area contributed by atoms with Crippen LogP contribution in [0.2, 0.25) is 0 Å². The summed E-state index contributed by atoms with van der Waals surface area (Å²) >= 11 is 1.21. The Labute approximate surface area is 104 Å². The molecule has 0 fully saturated rings. The molecule has 18 heavy (non-hydrogen) atoms. The molecular weight excluding hydrogens is 268 g/mol. The van der Waals surface area contributed by atoms with Crippen LogP contribution in [-0.4, -0.2) is 4.98 Å². The van der Waals surface area contributed by atoms with Crippen LogP contribution < -0.4 is 5.73 Å². The first kappa shape index (κ1) is 13.0. The van der Waals surface area contributed by atoms with Gasteiger partial charge in [0.2, 0.25) is 0 Å². The second kappa shape index (κ2) is 4.66. The van der Waals surface area contributed by atoms with E-state index in [-0.39, 0.29) is 5.56 Å². The molecule has 96 valence electrons. The van der Waals surface area contributed by atoms with Gasteiger partial charge in [0.1, 0.15) is 10.8 Å². The fraction of sp³-hybridized carbons (Fsp3) is 0.182. The highest BCUT2D eigenvalue weighted by Crippen LogP contribution is 2.32. The first-order valence-electron chi connectivity index (χ1n) is 4.90. The van der Waals surface area contributed by atoms with Gasteiger partial charge in [0.25, 0.3) is 0 Å². The van der Waals surface area contributed by atoms with Gasteiger partial charge in [0, 0.05) is 11.6 Å². The molecule has 2 nitrogen and oxygen atoms in total. The van der Waals surface area contributed by atoms with Gasteiger partial charge in [0.05, 0.1) is 11.6 Å². The standard InChI is InChI=1S/C11H8F4N2S/c12-8-4-6(3-7(5-8)11(13,14)15)9(16)10-17-1-2-18-10/h1-5,9H,16H2. The fourth-order valence-electron chi connectivity index (χ4n) is 1.49. The minimum absolute atomic E-state index is 0.0530. The molecule has 0 aliphatic heterocycles. The zero-order valence-electron chi connectivity index (χ0n) is 8.91. The van der Waals surface area contributed by atoms with Gasteiger partial charge >= 0.3 is 6.18 Å². The van der Waals surface area contributed by atoms with Crippen LogP contribution in [0.15, 0.2) is 29.8 Å². The van der Waals surface area contributed by atoms with Crippen LogP contribution in [-0.2, 0) is 6.18 Å². The highest BCUT2D eigenvalue weighted by atomic mass is 32.1. The lowest BCUT2D eigenvalue weighted by Gasteiger charge is -2.13. The van der Waals surface area contributed by atoms with Gasteiger partial charge in [-0.3, -0.25) is 0 Å². The predicted octanol–water partition coefficient (Wildman–Crippen LogP) is 3.35. The molecule has 2 rings (SSSR count). The Kier molecular flexibility index (Phi) is 3.36. The quantitative estimate of drug-likeness (QED) is 0.854. The summed E-state index contributed by atoms with van der Waals surface area (Å²) in [7, 11) is 0. The van der Waals surface area contributed by atoms with Crippen molar-refractivity contribution in [3.05, 3.63) is 51.7 Å². The van der Waals surface area contributed by atoms with Crippen molar-refractivity contribution in [3.63, 3.8) is 0 Å². The zero-order valence-corrected chi connectivity index (χ0v) is 9.73. The SMILES string of the molecule is NC(c1cc(F)cc(C(F)(F)F)c1)c1nccs1. The lowest BCUT2D eigenvalue weighted by atomic mass is 10.0. The Bertz CT molecular complexity index is 536. The molecule has 1 aromatic heterocycles. The van der Waals surface area contributed by atoms with Gasteiger partial charge in [-0.15, -0.1) is 11.3 Å². The van der Waals surface area contributed by atoms with Crippen molar-refractivity contribution in [1.82, 2.24) is 4.98 Å². The molecule has 0 aliphatic rings. The van der Waals surface area contributed by atoms with Gasteiger partial charge in [-0.1, -0.05) is 0 Å². The maximum absolute atomic E-state index is 13.2. The molecule has 1 heterocycles. The molecule has 0 saturated heterocycles. The van der Waals surface area contributed by atoms with E-state index in [0.717, 1.165) is 12.1 Å². The van der Waals surface area contributed by atoms with Crippen molar-refractivity contribution >= 4 is 11.3 Å². The number of hydrogen-bond acceptors (Lipinski definition) is 3. The van der Waals surface area contributed by atoms with E-state index in [0.29, 0.717) is 11.1 Å². The summed E-state index contributed by atoms with van der Waals surface area (Å²) in [5.41, 5.74) is 4.76. The third-order valence-corrected chi connectivity index (χ3v) is 3.18.